The molecule has 0 aromatic heterocycles. The molecule has 0 radical (unpaired) electrons. The smallest absolute Gasteiger partial charge is 0.171 e. The van der Waals surface area contributed by atoms with Gasteiger partial charge in [-0.25, -0.2) is 0 Å². The van der Waals surface area contributed by atoms with E-state index in [9.17, 15) is 9.59 Å². The molecular formula is C35H31BrCl2O6. The monoisotopic (exact) mass is 696 g/mol. The highest BCUT2D eigenvalue weighted by Crippen LogP contribution is 2.45. The van der Waals surface area contributed by atoms with Crippen molar-refractivity contribution < 1.29 is 28.5 Å². The summed E-state index contributed by atoms with van der Waals surface area (Å²) in [5.41, 5.74) is 2.74. The van der Waals surface area contributed by atoms with Gasteiger partial charge in [-0.1, -0.05) is 45.1 Å². The number of rotatable bonds is 8. The lowest BCUT2D eigenvalue weighted by Gasteiger charge is -2.13. The Bertz CT molecular complexity index is 1680. The molecule has 0 N–H and O–H groups in total. The molecule has 0 saturated carbocycles. The molecule has 2 aliphatic carbocycles. The number of benzene rings is 2. The van der Waals surface area contributed by atoms with Gasteiger partial charge >= 0.3 is 0 Å². The van der Waals surface area contributed by atoms with Crippen molar-refractivity contribution in [1.82, 2.24) is 0 Å². The van der Waals surface area contributed by atoms with Gasteiger partial charge in [0, 0.05) is 58.7 Å². The van der Waals surface area contributed by atoms with Crippen LogP contribution in [0.15, 0.2) is 40.3 Å². The van der Waals surface area contributed by atoms with Crippen LogP contribution in [-0.4, -0.2) is 40.0 Å². The molecule has 9 heteroatoms. The van der Waals surface area contributed by atoms with Crippen LogP contribution in [0.3, 0.4) is 0 Å². The number of carbonyl (C=O) groups is 2. The fourth-order valence-corrected chi connectivity index (χ4v) is 6.36. The summed E-state index contributed by atoms with van der Waals surface area (Å²) >= 11 is 16.1. The normalized spacial score (nSPS) is 17.2. The van der Waals surface area contributed by atoms with Crippen molar-refractivity contribution in [3.8, 4) is 48.0 Å². The first-order valence-electron chi connectivity index (χ1n) is 13.4. The quantitative estimate of drug-likeness (QED) is 0.263. The largest absolute Gasteiger partial charge is 0.500 e. The maximum Gasteiger partial charge on any atom is 0.171 e. The van der Waals surface area contributed by atoms with Crippen LogP contribution in [0.4, 0.5) is 0 Å². The molecule has 0 spiro atoms. The molecule has 2 aromatic carbocycles. The van der Waals surface area contributed by atoms with Gasteiger partial charge < -0.3 is 18.9 Å². The first-order chi connectivity index (χ1) is 21.1. The number of hydrogen-bond acceptors (Lipinski definition) is 6. The Labute approximate surface area is 277 Å². The maximum absolute atomic E-state index is 12.7. The second-order valence-electron chi connectivity index (χ2n) is 9.73. The zero-order chi connectivity index (χ0) is 32.6. The second-order valence-corrected chi connectivity index (χ2v) is 11.5. The number of Topliss-reactive ketones (excluding diaryl/α,β-unsaturated/α-hetero) is 2. The molecule has 2 aromatic rings. The highest BCUT2D eigenvalue weighted by Gasteiger charge is 2.38. The highest BCUT2D eigenvalue weighted by atomic mass is 79.9. The summed E-state index contributed by atoms with van der Waals surface area (Å²) in [5.74, 6) is 12.4. The predicted molar refractivity (Wildman–Crippen MR) is 177 cm³/mol. The Balaban J connectivity index is 0.000000241. The summed E-state index contributed by atoms with van der Waals surface area (Å²) in [6.45, 7) is 1.74. The Morgan fingerprint density at radius 2 is 1.23 bits per heavy atom. The Kier molecular flexibility index (Phi) is 12.4. The maximum atomic E-state index is 12.7. The number of ketones is 2. The van der Waals surface area contributed by atoms with Crippen LogP contribution in [0, 0.1) is 48.4 Å². The predicted octanol–water partition coefficient (Wildman–Crippen LogP) is 7.77. The van der Waals surface area contributed by atoms with Crippen molar-refractivity contribution in [2.45, 2.75) is 32.6 Å². The fourth-order valence-electron chi connectivity index (χ4n) is 5.19. The summed E-state index contributed by atoms with van der Waals surface area (Å²) < 4.78 is 22.3. The van der Waals surface area contributed by atoms with Crippen LogP contribution >= 0.6 is 39.1 Å². The molecule has 228 valence electrons. The van der Waals surface area contributed by atoms with E-state index >= 15 is 0 Å². The summed E-state index contributed by atoms with van der Waals surface area (Å²) in [7, 11) is 6.15. The molecule has 0 saturated heterocycles. The number of ether oxygens (including phenoxy) is 4. The van der Waals surface area contributed by atoms with Gasteiger partial charge in [-0.05, 0) is 31.2 Å². The lowest BCUT2D eigenvalue weighted by molar-refractivity contribution is -0.117. The fraction of sp³-hybridized carbons (Fsp3) is 0.314. The SMILES string of the molecule is C#CCC1CC(OC)=C(c2c(Cl)cc(Br)cc2OC)C1=O.C#CCC1CC(OC)=C(c2c(Cl)cc(C#CC)cc2OC)C1=O. The lowest BCUT2D eigenvalue weighted by Crippen LogP contribution is -2.10. The van der Waals surface area contributed by atoms with Crippen molar-refractivity contribution >= 4 is 61.8 Å². The first kappa shape index (κ1) is 34.7. The van der Waals surface area contributed by atoms with Gasteiger partial charge in [-0.15, -0.1) is 30.6 Å². The molecule has 2 aliphatic rings. The third-order valence-electron chi connectivity index (χ3n) is 7.16. The first-order valence-corrected chi connectivity index (χ1v) is 15.0. The molecule has 0 fully saturated rings. The molecule has 6 nitrogen and oxygen atoms in total. The topological polar surface area (TPSA) is 71.1 Å². The van der Waals surface area contributed by atoms with Crippen LogP contribution in [0.1, 0.15) is 49.3 Å². The number of allylic oxidation sites excluding steroid dienone is 4. The van der Waals surface area contributed by atoms with E-state index in [4.69, 9.17) is 55.0 Å². The van der Waals surface area contributed by atoms with Gasteiger partial charge in [0.05, 0.1) is 49.6 Å². The number of halogens is 3. The van der Waals surface area contributed by atoms with Gasteiger partial charge in [0.2, 0.25) is 0 Å². The van der Waals surface area contributed by atoms with E-state index < -0.39 is 0 Å². The Hall–Kier alpha value is -3.80. The average Bonchev–Trinajstić information content (AvgIpc) is 3.48. The van der Waals surface area contributed by atoms with Crippen molar-refractivity contribution in [3.05, 3.63) is 67.0 Å². The van der Waals surface area contributed by atoms with Crippen molar-refractivity contribution in [1.29, 1.82) is 0 Å². The van der Waals surface area contributed by atoms with E-state index in [-0.39, 0.29) is 23.4 Å². The number of carbonyl (C=O) groups excluding carboxylic acids is 2. The number of terminal acetylenes is 2. The van der Waals surface area contributed by atoms with Gasteiger partial charge in [-0.2, -0.15) is 0 Å². The standard InChI is InChI=1S/C19H17ClO3.C16H14BrClO3/c1-5-7-12-9-14(20)17(15(10-12)22-3)18-16(23-4)11-13(8-6-2)19(18)21;1-4-5-9-6-12(20-2)15(16(9)19)14-11(18)7-10(17)8-13(14)21-3/h2,9-10,13H,8,11H2,1,3-4H3;1,7-9H,5-6H2,2-3H3. The minimum absolute atomic E-state index is 0.0488. The van der Waals surface area contributed by atoms with Crippen molar-refractivity contribution in [2.75, 3.05) is 28.4 Å². The van der Waals surface area contributed by atoms with Crippen LogP contribution in [-0.2, 0) is 19.1 Å². The van der Waals surface area contributed by atoms with Crippen LogP contribution in [0.2, 0.25) is 10.0 Å². The van der Waals surface area contributed by atoms with E-state index in [2.05, 4.69) is 39.6 Å². The molecular weight excluding hydrogens is 667 g/mol. The van der Waals surface area contributed by atoms with Gasteiger partial charge in [0.25, 0.3) is 0 Å². The third-order valence-corrected chi connectivity index (χ3v) is 8.21. The van der Waals surface area contributed by atoms with E-state index in [0.29, 0.717) is 81.0 Å². The van der Waals surface area contributed by atoms with Crippen LogP contribution < -0.4 is 9.47 Å². The van der Waals surface area contributed by atoms with E-state index in [1.165, 1.54) is 21.3 Å². The molecule has 0 aliphatic heterocycles. The molecule has 0 amide bonds. The van der Waals surface area contributed by atoms with Gasteiger partial charge in [0.15, 0.2) is 11.6 Å². The number of methoxy groups -OCH3 is 4. The Morgan fingerprint density at radius 1 is 0.773 bits per heavy atom. The van der Waals surface area contributed by atoms with Crippen molar-refractivity contribution in [3.63, 3.8) is 0 Å². The average molecular weight is 698 g/mol. The summed E-state index contributed by atoms with van der Waals surface area (Å²) in [4.78, 5) is 25.3. The summed E-state index contributed by atoms with van der Waals surface area (Å²) in [6.07, 6.45) is 12.4. The van der Waals surface area contributed by atoms with Crippen LogP contribution in [0.25, 0.3) is 11.1 Å². The molecule has 2 unspecified atom stereocenters. The Morgan fingerprint density at radius 3 is 1.64 bits per heavy atom. The van der Waals surface area contributed by atoms with E-state index in [1.54, 1.807) is 38.3 Å². The van der Waals surface area contributed by atoms with Crippen LogP contribution in [0.5, 0.6) is 11.5 Å². The minimum Gasteiger partial charge on any atom is -0.500 e. The van der Waals surface area contributed by atoms with E-state index in [1.807, 2.05) is 0 Å². The van der Waals surface area contributed by atoms with E-state index in [0.717, 1.165) is 10.0 Å². The minimum atomic E-state index is -0.277. The molecule has 4 rings (SSSR count). The zero-order valence-electron chi connectivity index (χ0n) is 25.0. The highest BCUT2D eigenvalue weighted by molar-refractivity contribution is 9.10. The molecule has 2 atom stereocenters. The summed E-state index contributed by atoms with van der Waals surface area (Å²) in [5, 5.41) is 0.835. The molecule has 0 bridgehead atoms. The third kappa shape index (κ3) is 7.28. The van der Waals surface area contributed by atoms with Gasteiger partial charge in [0.1, 0.15) is 23.0 Å². The zero-order valence-corrected chi connectivity index (χ0v) is 28.1. The molecule has 44 heavy (non-hydrogen) atoms. The van der Waals surface area contributed by atoms with Crippen molar-refractivity contribution in [2.24, 2.45) is 11.8 Å². The number of hydrogen-bond donors (Lipinski definition) is 0. The van der Waals surface area contributed by atoms with Gasteiger partial charge in [-0.3, -0.25) is 9.59 Å². The lowest BCUT2D eigenvalue weighted by atomic mass is 9.95. The second kappa shape index (κ2) is 15.8. The summed E-state index contributed by atoms with van der Waals surface area (Å²) in [6, 6.07) is 6.97. The molecule has 0 heterocycles.